The van der Waals surface area contributed by atoms with Crippen LogP contribution in [-0.2, 0) is 10.0 Å². The minimum absolute atomic E-state index is 0.137. The molecule has 3 aromatic carbocycles. The molecule has 1 aromatic heterocycles. The Morgan fingerprint density at radius 1 is 0.833 bits per heavy atom. The molecule has 9 heteroatoms. The van der Waals surface area contributed by atoms with E-state index < -0.39 is 10.0 Å². The third-order valence-electron chi connectivity index (χ3n) is 8.39. The fraction of sp³-hybridized carbons (Fsp3) is 0.333. The molecule has 2 aliphatic rings. The second-order valence-electron chi connectivity index (χ2n) is 11.1. The molecule has 2 fully saturated rings. The topological polar surface area (TPSA) is 93.7 Å². The Labute approximate surface area is 247 Å². The first-order valence-electron chi connectivity index (χ1n) is 14.5. The van der Waals surface area contributed by atoms with Gasteiger partial charge in [0.1, 0.15) is 6.07 Å². The van der Waals surface area contributed by atoms with Gasteiger partial charge in [0.2, 0.25) is 27.5 Å². The van der Waals surface area contributed by atoms with Crippen LogP contribution < -0.4 is 4.90 Å². The number of benzene rings is 3. The number of rotatable bonds is 7. The highest BCUT2D eigenvalue weighted by molar-refractivity contribution is 7.89. The van der Waals surface area contributed by atoms with Crippen molar-refractivity contribution in [3.8, 4) is 17.5 Å². The molecule has 0 bridgehead atoms. The monoisotopic (exact) mass is 581 g/mol. The number of piperazine rings is 1. The molecule has 216 valence electrons. The van der Waals surface area contributed by atoms with Crippen molar-refractivity contribution < 1.29 is 12.8 Å². The van der Waals surface area contributed by atoms with Crippen molar-refractivity contribution in [1.29, 1.82) is 5.26 Å². The van der Waals surface area contributed by atoms with Crippen LogP contribution in [0.2, 0.25) is 0 Å². The lowest BCUT2D eigenvalue weighted by Gasteiger charge is -2.39. The largest absolute Gasteiger partial charge is 0.419 e. The molecule has 0 unspecified atom stereocenters. The quantitative estimate of drug-likeness (QED) is 0.283. The Bertz CT molecular complexity index is 1590. The summed E-state index contributed by atoms with van der Waals surface area (Å²) in [5, 5.41) is 9.87. The molecular formula is C33H35N5O3S. The van der Waals surface area contributed by atoms with Gasteiger partial charge in [-0.3, -0.25) is 4.90 Å². The van der Waals surface area contributed by atoms with E-state index in [4.69, 9.17) is 4.42 Å². The average molecular weight is 582 g/mol. The third-order valence-corrected chi connectivity index (χ3v) is 10.3. The summed E-state index contributed by atoms with van der Waals surface area (Å²) in [6.07, 6.45) is 1.75. The summed E-state index contributed by atoms with van der Waals surface area (Å²) in [4.78, 5) is 9.27. The Balaban J connectivity index is 1.18. The number of nitriles is 1. The molecule has 2 aliphatic heterocycles. The molecule has 0 N–H and O–H groups in total. The summed E-state index contributed by atoms with van der Waals surface area (Å²) >= 11 is 0. The van der Waals surface area contributed by atoms with E-state index in [2.05, 4.69) is 76.3 Å². The summed E-state index contributed by atoms with van der Waals surface area (Å²) in [7, 11) is -3.54. The lowest BCUT2D eigenvalue weighted by Crippen LogP contribution is -2.48. The molecule has 0 spiro atoms. The van der Waals surface area contributed by atoms with Crippen molar-refractivity contribution >= 4 is 15.9 Å². The lowest BCUT2D eigenvalue weighted by molar-refractivity contribution is 0.209. The molecular weight excluding hydrogens is 546 g/mol. The number of hydrogen-bond donors (Lipinski definition) is 0. The van der Waals surface area contributed by atoms with E-state index in [1.807, 2.05) is 12.1 Å². The van der Waals surface area contributed by atoms with Gasteiger partial charge in [-0.05, 0) is 54.2 Å². The molecule has 42 heavy (non-hydrogen) atoms. The van der Waals surface area contributed by atoms with Crippen LogP contribution in [-0.4, -0.2) is 61.9 Å². The fourth-order valence-corrected chi connectivity index (χ4v) is 7.40. The van der Waals surface area contributed by atoms with Gasteiger partial charge in [0.15, 0.2) is 0 Å². The van der Waals surface area contributed by atoms with Gasteiger partial charge >= 0.3 is 0 Å². The zero-order valence-electron chi connectivity index (χ0n) is 23.8. The van der Waals surface area contributed by atoms with E-state index >= 15 is 0 Å². The Hall–Kier alpha value is -3.97. The maximum absolute atomic E-state index is 13.1. The Morgan fingerprint density at radius 2 is 1.40 bits per heavy atom. The van der Waals surface area contributed by atoms with Gasteiger partial charge in [-0.1, -0.05) is 67.6 Å². The smallest absolute Gasteiger partial charge is 0.243 e. The third kappa shape index (κ3) is 5.71. The highest BCUT2D eigenvalue weighted by atomic mass is 32.2. The van der Waals surface area contributed by atoms with E-state index in [0.717, 1.165) is 25.9 Å². The van der Waals surface area contributed by atoms with E-state index in [9.17, 15) is 13.7 Å². The van der Waals surface area contributed by atoms with Crippen LogP contribution in [0.5, 0.6) is 0 Å². The average Bonchev–Trinajstić information content (AvgIpc) is 3.48. The van der Waals surface area contributed by atoms with Crippen LogP contribution in [0.4, 0.5) is 5.88 Å². The highest BCUT2D eigenvalue weighted by Crippen LogP contribution is 2.33. The molecule has 0 radical (unpaired) electrons. The van der Waals surface area contributed by atoms with E-state index in [-0.39, 0.29) is 16.6 Å². The minimum Gasteiger partial charge on any atom is -0.419 e. The summed E-state index contributed by atoms with van der Waals surface area (Å²) in [5.41, 5.74) is 3.37. The first kappa shape index (κ1) is 28.2. The lowest BCUT2D eigenvalue weighted by atomic mass is 9.96. The predicted molar refractivity (Wildman–Crippen MR) is 162 cm³/mol. The Morgan fingerprint density at radius 3 is 1.95 bits per heavy atom. The van der Waals surface area contributed by atoms with Crippen LogP contribution in [0.25, 0.3) is 11.5 Å². The second kappa shape index (κ2) is 12.1. The number of nitrogens with zero attached hydrogens (tertiary/aromatic N) is 5. The first-order chi connectivity index (χ1) is 20.4. The molecule has 8 nitrogen and oxygen atoms in total. The van der Waals surface area contributed by atoms with Gasteiger partial charge in [-0.15, -0.1) is 0 Å². The molecule has 0 saturated carbocycles. The number of aromatic nitrogens is 1. The van der Waals surface area contributed by atoms with Gasteiger partial charge in [-0.2, -0.15) is 14.6 Å². The van der Waals surface area contributed by atoms with Gasteiger partial charge in [0, 0.05) is 44.8 Å². The summed E-state index contributed by atoms with van der Waals surface area (Å²) < 4.78 is 34.0. The normalized spacial score (nSPS) is 17.4. The van der Waals surface area contributed by atoms with Crippen molar-refractivity contribution in [3.63, 3.8) is 0 Å². The molecule has 6 rings (SSSR count). The van der Waals surface area contributed by atoms with Crippen molar-refractivity contribution in [3.05, 3.63) is 102 Å². The number of piperidine rings is 1. The van der Waals surface area contributed by atoms with Crippen molar-refractivity contribution in [2.24, 2.45) is 5.92 Å². The highest BCUT2D eigenvalue weighted by Gasteiger charge is 2.31. The van der Waals surface area contributed by atoms with E-state index in [0.29, 0.717) is 49.4 Å². The van der Waals surface area contributed by atoms with Gasteiger partial charge in [0.25, 0.3) is 0 Å². The van der Waals surface area contributed by atoms with Crippen LogP contribution in [0.3, 0.4) is 0 Å². The van der Waals surface area contributed by atoms with Gasteiger partial charge in [0.05, 0.1) is 10.9 Å². The molecule has 0 amide bonds. The zero-order valence-corrected chi connectivity index (χ0v) is 24.6. The number of sulfonamides is 1. The molecule has 0 atom stereocenters. The van der Waals surface area contributed by atoms with Crippen LogP contribution >= 0.6 is 0 Å². The second-order valence-corrected chi connectivity index (χ2v) is 13.1. The standard InChI is InChI=1S/C33H35N5O3S/c1-25-16-18-38(19-17-25)42(39,40)29-14-12-28(13-15-29)32-35-30(24-34)33(41-32)37-22-20-36(21-23-37)31(26-8-4-2-5-9-26)27-10-6-3-7-11-27/h2-15,25,31H,16-23H2,1H3. The number of anilines is 1. The van der Waals surface area contributed by atoms with Crippen molar-refractivity contribution in [1.82, 2.24) is 14.2 Å². The maximum atomic E-state index is 13.1. The van der Waals surface area contributed by atoms with E-state index in [1.54, 1.807) is 28.6 Å². The summed E-state index contributed by atoms with van der Waals surface area (Å²) in [6.45, 7) is 6.20. The van der Waals surface area contributed by atoms with Gasteiger partial charge in [-0.25, -0.2) is 8.42 Å². The first-order valence-corrected chi connectivity index (χ1v) is 16.0. The molecule has 4 aromatic rings. The number of oxazole rings is 1. The van der Waals surface area contributed by atoms with Crippen LogP contribution in [0, 0.1) is 17.2 Å². The number of hydrogen-bond acceptors (Lipinski definition) is 7. The molecule has 0 aliphatic carbocycles. The maximum Gasteiger partial charge on any atom is 0.243 e. The van der Waals surface area contributed by atoms with Crippen LogP contribution in [0.1, 0.15) is 42.6 Å². The fourth-order valence-electron chi connectivity index (χ4n) is 5.93. The zero-order chi connectivity index (χ0) is 29.1. The SMILES string of the molecule is CC1CCN(S(=O)(=O)c2ccc(-c3nc(C#N)c(N4CCN(C(c5ccccc5)c5ccccc5)CC4)o3)cc2)CC1. The predicted octanol–water partition coefficient (Wildman–Crippen LogP) is 5.55. The summed E-state index contributed by atoms with van der Waals surface area (Å²) in [5.74, 6) is 1.32. The summed E-state index contributed by atoms with van der Waals surface area (Å²) in [6, 6.07) is 30.0. The van der Waals surface area contributed by atoms with Crippen molar-refractivity contribution in [2.45, 2.75) is 30.7 Å². The molecule has 3 heterocycles. The van der Waals surface area contributed by atoms with Crippen molar-refractivity contribution in [2.75, 3.05) is 44.2 Å². The molecule has 2 saturated heterocycles. The van der Waals surface area contributed by atoms with Crippen LogP contribution in [0.15, 0.2) is 94.2 Å². The minimum atomic E-state index is -3.54. The van der Waals surface area contributed by atoms with Gasteiger partial charge < -0.3 is 9.32 Å². The Kier molecular flexibility index (Phi) is 8.11. The van der Waals surface area contributed by atoms with E-state index in [1.165, 1.54) is 11.1 Å².